The van der Waals surface area contributed by atoms with E-state index in [1.807, 2.05) is 0 Å². The Morgan fingerprint density at radius 1 is 0.903 bits per heavy atom. The molecule has 1 aliphatic carbocycles. The lowest BCUT2D eigenvalue weighted by atomic mass is 9.81. The molecule has 2 fully saturated rings. The van der Waals surface area contributed by atoms with Gasteiger partial charge in [0.05, 0.1) is 25.4 Å². The zero-order chi connectivity index (χ0) is 52.9. The molecule has 0 bridgehead atoms. The number of anilines is 1. The number of hydrogen-bond acceptors (Lipinski definition) is 17. The minimum absolute atomic E-state index is 0.142. The highest BCUT2D eigenvalue weighted by Crippen LogP contribution is 2.39. The van der Waals surface area contributed by atoms with Crippen LogP contribution in [0.2, 0.25) is 0 Å². The van der Waals surface area contributed by atoms with Crippen molar-refractivity contribution in [3.63, 3.8) is 0 Å². The Morgan fingerprint density at radius 2 is 1.58 bits per heavy atom. The molecule has 2 heterocycles. The molecule has 1 saturated heterocycles. The minimum atomic E-state index is -2.05. The van der Waals surface area contributed by atoms with Crippen molar-refractivity contribution in [2.24, 2.45) is 0 Å². The molecule has 6 atom stereocenters. The number of esters is 5. The third-order valence-electron chi connectivity index (χ3n) is 11.8. The fraction of sp³-hybridized carbons (Fsp3) is 0.529. The van der Waals surface area contributed by atoms with Crippen LogP contribution in [0.15, 0.2) is 48.7 Å². The normalized spacial score (nSPS) is 20.0. The van der Waals surface area contributed by atoms with E-state index in [1.54, 1.807) is 77.2 Å². The second-order valence-corrected chi connectivity index (χ2v) is 19.0. The van der Waals surface area contributed by atoms with E-state index in [0.29, 0.717) is 22.4 Å². The lowest BCUT2D eigenvalue weighted by Gasteiger charge is -2.49. The first-order chi connectivity index (χ1) is 33.9. The number of ether oxygens (including phenoxy) is 7. The van der Waals surface area contributed by atoms with Crippen molar-refractivity contribution in [2.75, 3.05) is 19.0 Å². The molecule has 21 heteroatoms. The van der Waals surface area contributed by atoms with Crippen LogP contribution < -0.4 is 20.7 Å². The Morgan fingerprint density at radius 3 is 2.19 bits per heavy atom. The monoisotopic (exact) mass is 1000 g/mol. The van der Waals surface area contributed by atoms with Gasteiger partial charge in [-0.05, 0) is 88.4 Å². The number of methoxy groups -OCH3 is 1. The Balaban J connectivity index is 1.56. The predicted molar refractivity (Wildman–Crippen MR) is 258 cm³/mol. The first kappa shape index (κ1) is 55.8. The van der Waals surface area contributed by atoms with Crippen molar-refractivity contribution in [1.82, 2.24) is 25.6 Å². The van der Waals surface area contributed by atoms with E-state index in [0.717, 1.165) is 65.7 Å². The molecular weight excluding hydrogens is 937 g/mol. The van der Waals surface area contributed by atoms with Crippen molar-refractivity contribution in [3.05, 3.63) is 76.6 Å². The number of nitrogens with one attached hydrogen (secondary N) is 3. The highest BCUT2D eigenvalue weighted by Gasteiger charge is 2.57. The summed E-state index contributed by atoms with van der Waals surface area (Å²) in [6, 6.07) is 8.28. The van der Waals surface area contributed by atoms with Gasteiger partial charge in [0.15, 0.2) is 17.8 Å². The predicted octanol–water partition coefficient (Wildman–Crippen LogP) is 5.73. The average molecular weight is 1000 g/mol. The third-order valence-corrected chi connectivity index (χ3v) is 11.8. The maximum Gasteiger partial charge on any atom is 0.412 e. The Kier molecular flexibility index (Phi) is 19.2. The maximum atomic E-state index is 14.2. The molecule has 0 radical (unpaired) electrons. The van der Waals surface area contributed by atoms with Crippen LogP contribution in [0.1, 0.15) is 132 Å². The molecule has 21 nitrogen and oxygen atoms in total. The van der Waals surface area contributed by atoms with E-state index in [4.69, 9.17) is 33.2 Å². The van der Waals surface area contributed by atoms with Gasteiger partial charge in [-0.1, -0.05) is 48.8 Å². The Hall–Kier alpha value is -7.16. The first-order valence-electron chi connectivity index (χ1n) is 23.8. The highest BCUT2D eigenvalue weighted by molar-refractivity contribution is 5.95. The summed E-state index contributed by atoms with van der Waals surface area (Å²) < 4.78 is 41.8. The van der Waals surface area contributed by atoms with Crippen LogP contribution in [0.4, 0.5) is 10.5 Å². The van der Waals surface area contributed by atoms with Crippen LogP contribution in [0.3, 0.4) is 0 Å². The molecule has 0 spiro atoms. The van der Waals surface area contributed by atoms with E-state index in [-0.39, 0.29) is 30.2 Å². The largest absolute Gasteiger partial charge is 0.467 e. The zero-order valence-corrected chi connectivity index (χ0v) is 42.5. The van der Waals surface area contributed by atoms with Crippen molar-refractivity contribution >= 4 is 59.5 Å². The van der Waals surface area contributed by atoms with Crippen LogP contribution in [0.5, 0.6) is 5.75 Å². The Labute approximate surface area is 418 Å². The first-order valence-corrected chi connectivity index (χ1v) is 23.8. The quantitative estimate of drug-likeness (QED) is 0.0780. The SMILES string of the molecule is COC(=O)[C@@]1(C/C=C/c2cccc(NC(=O)OC(C)(C)C)c2)C[C@H](OC(C)=O)[C@@H](NC(=O)Cn2cc(C3CCCCC3)nn2)[C@H]([C@H](OC(C)=O)[C@@H](CNC(=O)c2cc(C)c(OC(C)=O)c(C)c2)OC(C)=O)O1. The highest BCUT2D eigenvalue weighted by atomic mass is 16.6. The van der Waals surface area contributed by atoms with Gasteiger partial charge in [-0.15, -0.1) is 5.10 Å². The van der Waals surface area contributed by atoms with E-state index in [1.165, 1.54) is 23.7 Å². The molecule has 5 rings (SSSR count). The van der Waals surface area contributed by atoms with Gasteiger partial charge in [-0.2, -0.15) is 0 Å². The van der Waals surface area contributed by atoms with Gasteiger partial charge in [0.2, 0.25) is 5.91 Å². The number of carbonyl (C=O) groups is 8. The van der Waals surface area contributed by atoms with Crippen molar-refractivity contribution < 1.29 is 71.5 Å². The molecule has 0 unspecified atom stereocenters. The lowest BCUT2D eigenvalue weighted by Crippen LogP contribution is -2.69. The van der Waals surface area contributed by atoms with E-state index < -0.39 is 102 Å². The summed E-state index contributed by atoms with van der Waals surface area (Å²) >= 11 is 0. The number of aromatic nitrogens is 3. The van der Waals surface area contributed by atoms with Gasteiger partial charge in [0.25, 0.3) is 5.91 Å². The Bertz CT molecular complexity index is 2490. The standard InChI is InChI=1S/C51H66N6O15/c1-29-22-37(23-30(2)44(29)69-33(5)60)47(63)52-26-41(68-32(4)59)45(70-34(6)61)46-43(54-42(62)28-57-27-39(55-56-57)36-18-12-11-13-19-36)40(67-31(3)58)25-51(71-46,48(64)66-10)21-15-17-35-16-14-20-38(24-35)53-49(65)72-50(7,8)9/h14-17,20,22-24,27,36,40-41,43,45-46H,11-13,18-19,21,25-26,28H2,1-10H3,(H,52,63)(H,53,65)(H,54,62)/b17-15+/t40-,41+,43+,45+,46+,51+/m0/s1. The number of benzene rings is 2. The third kappa shape index (κ3) is 15.9. The van der Waals surface area contributed by atoms with Crippen molar-refractivity contribution in [3.8, 4) is 5.75 Å². The van der Waals surface area contributed by atoms with Gasteiger partial charge in [-0.3, -0.25) is 34.1 Å². The van der Waals surface area contributed by atoms with Gasteiger partial charge in [0, 0.05) is 63.9 Å². The minimum Gasteiger partial charge on any atom is -0.467 e. The topological polar surface area (TPSA) is 268 Å². The number of carbonyl (C=O) groups excluding carboxylic acids is 8. The summed E-state index contributed by atoms with van der Waals surface area (Å²) in [5.41, 5.74) is 0.0251. The van der Waals surface area contributed by atoms with Crippen molar-refractivity contribution in [2.45, 2.75) is 161 Å². The van der Waals surface area contributed by atoms with E-state index >= 15 is 0 Å². The summed E-state index contributed by atoms with van der Waals surface area (Å²) in [5.74, 6) is -4.97. The number of hydrogen-bond donors (Lipinski definition) is 3. The number of rotatable bonds is 18. The lowest BCUT2D eigenvalue weighted by molar-refractivity contribution is -0.239. The second kappa shape index (κ2) is 24.8. The molecule has 72 heavy (non-hydrogen) atoms. The molecule has 1 aliphatic heterocycles. The summed E-state index contributed by atoms with van der Waals surface area (Å²) in [7, 11) is 1.12. The average Bonchev–Trinajstić information content (AvgIpc) is 3.76. The maximum absolute atomic E-state index is 14.2. The van der Waals surface area contributed by atoms with Gasteiger partial charge < -0.3 is 43.8 Å². The number of aryl methyl sites for hydroxylation is 2. The summed E-state index contributed by atoms with van der Waals surface area (Å²) in [5, 5.41) is 16.8. The van der Waals surface area contributed by atoms with Crippen LogP contribution in [-0.4, -0.2) is 118 Å². The molecule has 390 valence electrons. The molecule has 3 aromatic rings. The van der Waals surface area contributed by atoms with E-state index in [9.17, 15) is 38.4 Å². The van der Waals surface area contributed by atoms with Gasteiger partial charge in [0.1, 0.15) is 30.1 Å². The van der Waals surface area contributed by atoms with Crippen molar-refractivity contribution in [1.29, 1.82) is 0 Å². The summed E-state index contributed by atoms with van der Waals surface area (Å²) in [4.78, 5) is 106. The van der Waals surface area contributed by atoms with Crippen LogP contribution in [-0.2, 0) is 63.7 Å². The molecule has 1 saturated carbocycles. The van der Waals surface area contributed by atoms with Gasteiger partial charge >= 0.3 is 35.9 Å². The molecule has 3 N–H and O–H groups in total. The number of nitrogens with zero attached hydrogens (tertiary/aromatic N) is 3. The van der Waals surface area contributed by atoms with Crippen LogP contribution >= 0.6 is 0 Å². The summed E-state index contributed by atoms with van der Waals surface area (Å²) in [6.07, 6.45) is 2.25. The molecule has 1 aromatic heterocycles. The van der Waals surface area contributed by atoms with E-state index in [2.05, 4.69) is 26.3 Å². The smallest absolute Gasteiger partial charge is 0.412 e. The fourth-order valence-electron chi connectivity index (χ4n) is 8.90. The van der Waals surface area contributed by atoms with Crippen LogP contribution in [0, 0.1) is 13.8 Å². The van der Waals surface area contributed by atoms with Gasteiger partial charge in [-0.25, -0.2) is 14.3 Å². The molecule has 2 aliphatic rings. The summed E-state index contributed by atoms with van der Waals surface area (Å²) in [6.45, 7) is 12.1. The zero-order valence-electron chi connectivity index (χ0n) is 42.5. The fourth-order valence-corrected chi connectivity index (χ4v) is 8.90. The molecule has 3 amide bonds. The molecule has 2 aromatic carbocycles. The second-order valence-electron chi connectivity index (χ2n) is 19.0. The van der Waals surface area contributed by atoms with Crippen LogP contribution in [0.25, 0.3) is 6.08 Å². The number of amides is 3. The molecular formula is C51H66N6O15.